The zero-order chi connectivity index (χ0) is 13.8. The van der Waals surface area contributed by atoms with Crippen LogP contribution in [0.4, 0.5) is 4.39 Å². The topological polar surface area (TPSA) is 35.5 Å². The third kappa shape index (κ3) is 2.57. The van der Waals surface area contributed by atoms with Gasteiger partial charge in [-0.1, -0.05) is 6.07 Å². The standard InChI is InChI=1S/C15H13FO3/c1-18-14-6-4-11(16)8-13(14)12-5-3-10(9-17)7-15(12)19-2/h3-9H,1-2H3. The molecular weight excluding hydrogens is 247 g/mol. The Labute approximate surface area is 110 Å². The number of aldehydes is 1. The van der Waals surface area contributed by atoms with Crippen LogP contribution in [0.15, 0.2) is 36.4 Å². The number of ether oxygens (including phenoxy) is 2. The minimum absolute atomic E-state index is 0.364. The van der Waals surface area contributed by atoms with Crippen LogP contribution in [0, 0.1) is 5.82 Å². The van der Waals surface area contributed by atoms with E-state index in [0.717, 1.165) is 6.29 Å². The summed E-state index contributed by atoms with van der Waals surface area (Å²) in [5.41, 5.74) is 1.75. The molecule has 4 heteroatoms. The van der Waals surface area contributed by atoms with Gasteiger partial charge in [-0.3, -0.25) is 4.79 Å². The molecule has 0 bridgehead atoms. The van der Waals surface area contributed by atoms with Gasteiger partial charge in [-0.15, -0.1) is 0 Å². The number of hydrogen-bond donors (Lipinski definition) is 0. The van der Waals surface area contributed by atoms with Crippen molar-refractivity contribution in [2.75, 3.05) is 14.2 Å². The first kappa shape index (κ1) is 13.1. The predicted octanol–water partition coefficient (Wildman–Crippen LogP) is 3.32. The summed E-state index contributed by atoms with van der Waals surface area (Å²) >= 11 is 0. The first-order valence-electron chi connectivity index (χ1n) is 5.66. The van der Waals surface area contributed by atoms with Crippen LogP contribution in [0.2, 0.25) is 0 Å². The fourth-order valence-electron chi connectivity index (χ4n) is 1.89. The maximum absolute atomic E-state index is 13.4. The van der Waals surface area contributed by atoms with E-state index in [9.17, 15) is 9.18 Å². The van der Waals surface area contributed by atoms with Crippen LogP contribution in [-0.4, -0.2) is 20.5 Å². The lowest BCUT2D eigenvalue weighted by atomic mass is 10.0. The smallest absolute Gasteiger partial charge is 0.150 e. The van der Waals surface area contributed by atoms with Crippen LogP contribution in [0.1, 0.15) is 10.4 Å². The Balaban J connectivity index is 2.63. The molecule has 0 N–H and O–H groups in total. The lowest BCUT2D eigenvalue weighted by molar-refractivity contribution is 0.112. The highest BCUT2D eigenvalue weighted by Gasteiger charge is 2.12. The molecule has 3 nitrogen and oxygen atoms in total. The summed E-state index contributed by atoms with van der Waals surface area (Å²) in [6.07, 6.45) is 0.731. The van der Waals surface area contributed by atoms with Gasteiger partial charge in [0.25, 0.3) is 0 Å². The van der Waals surface area contributed by atoms with Crippen LogP contribution >= 0.6 is 0 Å². The molecular formula is C15H13FO3. The Kier molecular flexibility index (Phi) is 3.80. The molecule has 98 valence electrons. The number of halogens is 1. The molecule has 0 saturated carbocycles. The van der Waals surface area contributed by atoms with Crippen molar-refractivity contribution in [3.8, 4) is 22.6 Å². The normalized spacial score (nSPS) is 10.1. The second-order valence-electron chi connectivity index (χ2n) is 3.92. The minimum atomic E-state index is -0.364. The fraction of sp³-hybridized carbons (Fsp3) is 0.133. The van der Waals surface area contributed by atoms with Gasteiger partial charge >= 0.3 is 0 Å². The SMILES string of the molecule is COc1cc(C=O)ccc1-c1cc(F)ccc1OC. The highest BCUT2D eigenvalue weighted by molar-refractivity contribution is 5.82. The Morgan fingerprint density at radius 3 is 2.32 bits per heavy atom. The van der Waals surface area contributed by atoms with Gasteiger partial charge in [0.2, 0.25) is 0 Å². The number of carbonyl (C=O) groups is 1. The number of rotatable bonds is 4. The fourth-order valence-corrected chi connectivity index (χ4v) is 1.89. The van der Waals surface area contributed by atoms with Crippen molar-refractivity contribution >= 4 is 6.29 Å². The second-order valence-corrected chi connectivity index (χ2v) is 3.92. The molecule has 0 unspecified atom stereocenters. The minimum Gasteiger partial charge on any atom is -0.496 e. The summed E-state index contributed by atoms with van der Waals surface area (Å²) in [6, 6.07) is 9.21. The van der Waals surface area contributed by atoms with E-state index in [4.69, 9.17) is 9.47 Å². The third-order valence-electron chi connectivity index (χ3n) is 2.81. The van der Waals surface area contributed by atoms with E-state index in [2.05, 4.69) is 0 Å². The van der Waals surface area contributed by atoms with Gasteiger partial charge in [-0.05, 0) is 30.3 Å². The van der Waals surface area contributed by atoms with Gasteiger partial charge in [0.1, 0.15) is 23.6 Å². The summed E-state index contributed by atoms with van der Waals surface area (Å²) in [5, 5.41) is 0. The molecule has 2 rings (SSSR count). The summed E-state index contributed by atoms with van der Waals surface area (Å²) < 4.78 is 23.9. The molecule has 0 radical (unpaired) electrons. The molecule has 2 aromatic rings. The monoisotopic (exact) mass is 260 g/mol. The molecule has 0 aliphatic carbocycles. The quantitative estimate of drug-likeness (QED) is 0.791. The van der Waals surface area contributed by atoms with E-state index in [1.54, 1.807) is 24.3 Å². The molecule has 2 aromatic carbocycles. The van der Waals surface area contributed by atoms with Crippen molar-refractivity contribution < 1.29 is 18.7 Å². The van der Waals surface area contributed by atoms with Gasteiger partial charge in [-0.25, -0.2) is 4.39 Å². The van der Waals surface area contributed by atoms with Crippen molar-refractivity contribution in [1.82, 2.24) is 0 Å². The summed E-state index contributed by atoms with van der Waals surface area (Å²) in [7, 11) is 3.02. The highest BCUT2D eigenvalue weighted by atomic mass is 19.1. The summed E-state index contributed by atoms with van der Waals surface area (Å²) in [4.78, 5) is 10.8. The summed E-state index contributed by atoms with van der Waals surface area (Å²) in [6.45, 7) is 0. The van der Waals surface area contributed by atoms with Crippen LogP contribution in [0.3, 0.4) is 0 Å². The number of carbonyl (C=O) groups excluding carboxylic acids is 1. The van der Waals surface area contributed by atoms with Gasteiger partial charge in [0, 0.05) is 16.7 Å². The zero-order valence-electron chi connectivity index (χ0n) is 10.6. The van der Waals surface area contributed by atoms with Crippen molar-refractivity contribution in [2.24, 2.45) is 0 Å². The average molecular weight is 260 g/mol. The summed E-state index contributed by atoms with van der Waals surface area (Å²) in [5.74, 6) is 0.671. The van der Waals surface area contributed by atoms with Crippen LogP contribution in [0.25, 0.3) is 11.1 Å². The van der Waals surface area contributed by atoms with Crippen molar-refractivity contribution in [1.29, 1.82) is 0 Å². The maximum atomic E-state index is 13.4. The molecule has 0 aromatic heterocycles. The van der Waals surface area contributed by atoms with Gasteiger partial charge < -0.3 is 9.47 Å². The van der Waals surface area contributed by atoms with Crippen molar-refractivity contribution in [3.05, 3.63) is 47.8 Å². The van der Waals surface area contributed by atoms with Crippen molar-refractivity contribution in [2.45, 2.75) is 0 Å². The Hall–Kier alpha value is -2.36. The molecule has 0 atom stereocenters. The molecule has 0 heterocycles. The van der Waals surface area contributed by atoms with Crippen LogP contribution in [-0.2, 0) is 0 Å². The van der Waals surface area contributed by atoms with E-state index in [1.165, 1.54) is 26.4 Å². The van der Waals surface area contributed by atoms with E-state index in [1.807, 2.05) is 0 Å². The highest BCUT2D eigenvalue weighted by Crippen LogP contribution is 2.37. The second kappa shape index (κ2) is 5.52. The van der Waals surface area contributed by atoms with Gasteiger partial charge in [0.15, 0.2) is 0 Å². The third-order valence-corrected chi connectivity index (χ3v) is 2.81. The van der Waals surface area contributed by atoms with E-state index in [-0.39, 0.29) is 5.82 Å². The molecule has 0 fully saturated rings. The lowest BCUT2D eigenvalue weighted by Gasteiger charge is -2.12. The Morgan fingerprint density at radius 1 is 0.947 bits per heavy atom. The lowest BCUT2D eigenvalue weighted by Crippen LogP contribution is -1.94. The van der Waals surface area contributed by atoms with E-state index in [0.29, 0.717) is 28.2 Å². The first-order chi connectivity index (χ1) is 9.19. The zero-order valence-corrected chi connectivity index (χ0v) is 10.6. The van der Waals surface area contributed by atoms with Gasteiger partial charge in [0.05, 0.1) is 14.2 Å². The Bertz CT molecular complexity index is 608. The number of methoxy groups -OCH3 is 2. The van der Waals surface area contributed by atoms with Crippen molar-refractivity contribution in [3.63, 3.8) is 0 Å². The largest absolute Gasteiger partial charge is 0.496 e. The first-order valence-corrected chi connectivity index (χ1v) is 5.66. The molecule has 0 spiro atoms. The maximum Gasteiger partial charge on any atom is 0.150 e. The number of hydrogen-bond acceptors (Lipinski definition) is 3. The van der Waals surface area contributed by atoms with Crippen LogP contribution in [0.5, 0.6) is 11.5 Å². The van der Waals surface area contributed by atoms with Crippen LogP contribution < -0.4 is 9.47 Å². The molecule has 0 aliphatic heterocycles. The average Bonchev–Trinajstić information content (AvgIpc) is 2.46. The Morgan fingerprint density at radius 2 is 1.68 bits per heavy atom. The number of benzene rings is 2. The van der Waals surface area contributed by atoms with E-state index < -0.39 is 0 Å². The molecule has 0 amide bonds. The molecule has 0 saturated heterocycles. The molecule has 0 aliphatic rings. The van der Waals surface area contributed by atoms with E-state index >= 15 is 0 Å². The van der Waals surface area contributed by atoms with Gasteiger partial charge in [-0.2, -0.15) is 0 Å². The molecule has 19 heavy (non-hydrogen) atoms. The predicted molar refractivity (Wildman–Crippen MR) is 70.3 cm³/mol.